The van der Waals surface area contributed by atoms with E-state index in [-0.39, 0.29) is 5.97 Å². The molecular formula is C27H25N5O3. The van der Waals surface area contributed by atoms with E-state index in [1.807, 2.05) is 59.1 Å². The molecule has 0 spiro atoms. The maximum atomic E-state index is 12.4. The molecule has 0 aliphatic heterocycles. The van der Waals surface area contributed by atoms with Gasteiger partial charge in [-0.1, -0.05) is 30.3 Å². The molecule has 8 heteroatoms. The molecular weight excluding hydrogens is 442 g/mol. The Hall–Kier alpha value is -4.30. The number of imidazole rings is 1. The number of fused-ring (bicyclic) bond motifs is 2. The Morgan fingerprint density at radius 3 is 2.63 bits per heavy atom. The van der Waals surface area contributed by atoms with Gasteiger partial charge in [-0.15, -0.1) is 0 Å². The highest BCUT2D eigenvalue weighted by atomic mass is 16.5. The molecule has 5 aromatic rings. The van der Waals surface area contributed by atoms with E-state index in [9.17, 15) is 9.90 Å². The standard InChI is InChI=1S/C27H25N5O3/c1-4-35-25(33)19-11-12-21(18-9-6-5-8-17(18)19)30-26-28-14-13-22(31-26)23-16-29-24-20(27(2,3)34)10-7-15-32(23)24/h5-16,34H,4H2,1-3H3,(H,28,30,31). The third-order valence-corrected chi connectivity index (χ3v) is 5.78. The van der Waals surface area contributed by atoms with Gasteiger partial charge in [-0.2, -0.15) is 0 Å². The fraction of sp³-hybridized carbons (Fsp3) is 0.185. The third-order valence-electron chi connectivity index (χ3n) is 5.78. The summed E-state index contributed by atoms with van der Waals surface area (Å²) in [7, 11) is 0. The molecule has 0 amide bonds. The van der Waals surface area contributed by atoms with Crippen LogP contribution in [-0.4, -0.2) is 37.0 Å². The molecule has 35 heavy (non-hydrogen) atoms. The first-order valence-corrected chi connectivity index (χ1v) is 11.3. The Morgan fingerprint density at radius 2 is 1.86 bits per heavy atom. The quantitative estimate of drug-likeness (QED) is 0.335. The second-order valence-electron chi connectivity index (χ2n) is 8.64. The minimum atomic E-state index is -1.03. The van der Waals surface area contributed by atoms with E-state index in [1.165, 1.54) is 0 Å². The maximum absolute atomic E-state index is 12.4. The number of aliphatic hydroxyl groups is 1. The molecule has 176 valence electrons. The lowest BCUT2D eigenvalue weighted by molar-refractivity contribution is 0.0528. The highest BCUT2D eigenvalue weighted by molar-refractivity contribution is 6.08. The van der Waals surface area contributed by atoms with Crippen molar-refractivity contribution >= 4 is 34.0 Å². The van der Waals surface area contributed by atoms with Gasteiger partial charge < -0.3 is 15.2 Å². The van der Waals surface area contributed by atoms with Crippen LogP contribution in [0.15, 0.2) is 73.2 Å². The number of pyridine rings is 1. The van der Waals surface area contributed by atoms with Crippen LogP contribution >= 0.6 is 0 Å². The summed E-state index contributed by atoms with van der Waals surface area (Å²) in [6, 6.07) is 16.8. The van der Waals surface area contributed by atoms with Gasteiger partial charge in [-0.05, 0) is 50.4 Å². The monoisotopic (exact) mass is 467 g/mol. The maximum Gasteiger partial charge on any atom is 0.338 e. The largest absolute Gasteiger partial charge is 0.462 e. The molecule has 2 N–H and O–H groups in total. The Morgan fingerprint density at radius 1 is 1.06 bits per heavy atom. The van der Waals surface area contributed by atoms with Gasteiger partial charge in [0, 0.05) is 29.0 Å². The van der Waals surface area contributed by atoms with Gasteiger partial charge in [0.1, 0.15) is 5.65 Å². The van der Waals surface area contributed by atoms with Crippen LogP contribution < -0.4 is 5.32 Å². The number of anilines is 2. The SMILES string of the molecule is CCOC(=O)c1ccc(Nc2nccc(-c3cnc4c(C(C)(C)O)cccn34)n2)c2ccccc12. The Balaban J connectivity index is 1.53. The number of nitrogens with one attached hydrogen (secondary N) is 1. The second-order valence-corrected chi connectivity index (χ2v) is 8.64. The lowest BCUT2D eigenvalue weighted by atomic mass is 10.00. The van der Waals surface area contributed by atoms with Crippen LogP contribution in [0.2, 0.25) is 0 Å². The molecule has 0 aliphatic rings. The molecule has 0 fully saturated rings. The Labute approximate surface area is 202 Å². The van der Waals surface area contributed by atoms with Crippen LogP contribution in [0, 0.1) is 0 Å². The van der Waals surface area contributed by atoms with Gasteiger partial charge in [0.05, 0.1) is 35.4 Å². The first kappa shape index (κ1) is 22.5. The summed E-state index contributed by atoms with van der Waals surface area (Å²) in [5.74, 6) is 0.0525. The van der Waals surface area contributed by atoms with Gasteiger partial charge in [-0.25, -0.2) is 19.7 Å². The van der Waals surface area contributed by atoms with E-state index in [0.717, 1.165) is 27.7 Å². The van der Waals surface area contributed by atoms with Crippen LogP contribution in [-0.2, 0) is 10.3 Å². The summed E-state index contributed by atoms with van der Waals surface area (Å²) in [5, 5.41) is 15.5. The average Bonchev–Trinajstić information content (AvgIpc) is 3.28. The van der Waals surface area contributed by atoms with Crippen molar-refractivity contribution in [2.75, 3.05) is 11.9 Å². The molecule has 0 unspecified atom stereocenters. The van der Waals surface area contributed by atoms with Crippen molar-refractivity contribution < 1.29 is 14.6 Å². The number of nitrogens with zero attached hydrogens (tertiary/aromatic N) is 4. The zero-order valence-electron chi connectivity index (χ0n) is 19.7. The predicted molar refractivity (Wildman–Crippen MR) is 135 cm³/mol. The molecule has 3 aromatic heterocycles. The number of carbonyl (C=O) groups excluding carboxylic acids is 1. The van der Waals surface area contributed by atoms with Gasteiger partial charge in [0.2, 0.25) is 5.95 Å². The van der Waals surface area contributed by atoms with Crippen LogP contribution in [0.1, 0.15) is 36.7 Å². The molecule has 0 atom stereocenters. The van der Waals surface area contributed by atoms with E-state index in [0.29, 0.717) is 29.5 Å². The minimum absolute atomic E-state index is 0.314. The van der Waals surface area contributed by atoms with E-state index >= 15 is 0 Å². The van der Waals surface area contributed by atoms with Crippen molar-refractivity contribution in [1.29, 1.82) is 0 Å². The number of hydrogen-bond acceptors (Lipinski definition) is 7. The molecule has 0 saturated heterocycles. The van der Waals surface area contributed by atoms with Crippen molar-refractivity contribution in [2.24, 2.45) is 0 Å². The smallest absolute Gasteiger partial charge is 0.338 e. The van der Waals surface area contributed by atoms with Crippen molar-refractivity contribution in [2.45, 2.75) is 26.4 Å². The summed E-state index contributed by atoms with van der Waals surface area (Å²) in [5.41, 5.74) is 3.11. The van der Waals surface area contributed by atoms with E-state index in [2.05, 4.69) is 15.3 Å². The third kappa shape index (κ3) is 4.20. The van der Waals surface area contributed by atoms with Crippen LogP contribution in [0.3, 0.4) is 0 Å². The van der Waals surface area contributed by atoms with E-state index in [1.54, 1.807) is 39.2 Å². The normalized spacial score (nSPS) is 11.7. The number of benzene rings is 2. The fourth-order valence-electron chi connectivity index (χ4n) is 4.15. The van der Waals surface area contributed by atoms with E-state index < -0.39 is 5.60 Å². The summed E-state index contributed by atoms with van der Waals surface area (Å²) in [6.45, 7) is 5.58. The molecule has 0 aliphatic carbocycles. The molecule has 3 heterocycles. The topological polar surface area (TPSA) is 102 Å². The summed E-state index contributed by atoms with van der Waals surface area (Å²) in [6.07, 6.45) is 5.31. The average molecular weight is 468 g/mol. The molecule has 0 bridgehead atoms. The zero-order chi connectivity index (χ0) is 24.6. The summed E-state index contributed by atoms with van der Waals surface area (Å²) in [4.78, 5) is 26.0. The molecule has 0 saturated carbocycles. The highest BCUT2D eigenvalue weighted by Gasteiger charge is 2.22. The van der Waals surface area contributed by atoms with Gasteiger partial charge in [-0.3, -0.25) is 4.40 Å². The van der Waals surface area contributed by atoms with Gasteiger partial charge in [0.25, 0.3) is 0 Å². The highest BCUT2D eigenvalue weighted by Crippen LogP contribution is 2.30. The summed E-state index contributed by atoms with van der Waals surface area (Å²) < 4.78 is 7.11. The second kappa shape index (κ2) is 8.81. The van der Waals surface area contributed by atoms with Crippen LogP contribution in [0.5, 0.6) is 0 Å². The van der Waals surface area contributed by atoms with E-state index in [4.69, 9.17) is 9.72 Å². The Kier molecular flexibility index (Phi) is 5.66. The lowest BCUT2D eigenvalue weighted by Gasteiger charge is -2.18. The lowest BCUT2D eigenvalue weighted by Crippen LogP contribution is -2.17. The number of esters is 1. The minimum Gasteiger partial charge on any atom is -0.462 e. The first-order valence-electron chi connectivity index (χ1n) is 11.3. The van der Waals surface area contributed by atoms with Crippen molar-refractivity contribution in [3.05, 3.63) is 84.3 Å². The Bertz CT molecular complexity index is 1550. The van der Waals surface area contributed by atoms with Crippen LogP contribution in [0.4, 0.5) is 11.6 Å². The zero-order valence-corrected chi connectivity index (χ0v) is 19.7. The predicted octanol–water partition coefficient (Wildman–Crippen LogP) is 5.09. The van der Waals surface area contributed by atoms with Crippen molar-refractivity contribution in [3.63, 3.8) is 0 Å². The van der Waals surface area contributed by atoms with Crippen LogP contribution in [0.25, 0.3) is 27.8 Å². The number of ether oxygens (including phenoxy) is 1. The first-order chi connectivity index (χ1) is 16.9. The fourth-order valence-corrected chi connectivity index (χ4v) is 4.15. The van der Waals surface area contributed by atoms with Gasteiger partial charge in [0.15, 0.2) is 0 Å². The van der Waals surface area contributed by atoms with Gasteiger partial charge >= 0.3 is 5.97 Å². The molecule has 2 aromatic carbocycles. The van der Waals surface area contributed by atoms with Crippen molar-refractivity contribution in [3.8, 4) is 11.4 Å². The number of carbonyl (C=O) groups is 1. The molecule has 5 rings (SSSR count). The number of aromatic nitrogens is 4. The number of hydrogen-bond donors (Lipinski definition) is 2. The number of rotatable bonds is 6. The molecule has 0 radical (unpaired) electrons. The molecule has 8 nitrogen and oxygen atoms in total. The summed E-state index contributed by atoms with van der Waals surface area (Å²) >= 11 is 0. The van der Waals surface area contributed by atoms with Crippen molar-refractivity contribution in [1.82, 2.24) is 19.4 Å².